The number of hydrogen-bond acceptors (Lipinski definition) is 3. The SMILES string of the molecule is Cn1c(=O)cc(NCCCOCC2CC2)c2ccccc21. The number of aryl methyl sites for hydroxylation is 1. The van der Waals surface area contributed by atoms with E-state index in [2.05, 4.69) is 5.32 Å². The number of rotatable bonds is 7. The third-order valence-electron chi connectivity index (χ3n) is 3.99. The van der Waals surface area contributed by atoms with Gasteiger partial charge in [-0.15, -0.1) is 0 Å². The van der Waals surface area contributed by atoms with E-state index < -0.39 is 0 Å². The monoisotopic (exact) mass is 286 g/mol. The molecule has 1 aromatic carbocycles. The van der Waals surface area contributed by atoms with Crippen molar-refractivity contribution in [1.29, 1.82) is 0 Å². The summed E-state index contributed by atoms with van der Waals surface area (Å²) in [7, 11) is 1.81. The van der Waals surface area contributed by atoms with Gasteiger partial charge in [0.1, 0.15) is 0 Å². The third kappa shape index (κ3) is 3.45. The highest BCUT2D eigenvalue weighted by Gasteiger charge is 2.20. The lowest BCUT2D eigenvalue weighted by atomic mass is 10.2. The normalized spacial score (nSPS) is 14.5. The molecule has 21 heavy (non-hydrogen) atoms. The van der Waals surface area contributed by atoms with Crippen LogP contribution in [0.2, 0.25) is 0 Å². The molecule has 1 fully saturated rings. The summed E-state index contributed by atoms with van der Waals surface area (Å²) >= 11 is 0. The molecule has 112 valence electrons. The van der Waals surface area contributed by atoms with Gasteiger partial charge in [-0.2, -0.15) is 0 Å². The fourth-order valence-electron chi connectivity index (χ4n) is 2.49. The van der Waals surface area contributed by atoms with Crippen molar-refractivity contribution in [2.45, 2.75) is 19.3 Å². The maximum atomic E-state index is 12.0. The fraction of sp³-hybridized carbons (Fsp3) is 0.471. The number of pyridine rings is 1. The Morgan fingerprint density at radius 2 is 2.14 bits per heavy atom. The van der Waals surface area contributed by atoms with Crippen LogP contribution in [-0.4, -0.2) is 24.3 Å². The van der Waals surface area contributed by atoms with Gasteiger partial charge in [-0.1, -0.05) is 18.2 Å². The van der Waals surface area contributed by atoms with Crippen LogP contribution in [0.3, 0.4) is 0 Å². The van der Waals surface area contributed by atoms with E-state index in [0.717, 1.165) is 48.7 Å². The van der Waals surface area contributed by atoms with Crippen LogP contribution < -0.4 is 10.9 Å². The Balaban J connectivity index is 1.60. The molecule has 0 bridgehead atoms. The van der Waals surface area contributed by atoms with E-state index in [1.54, 1.807) is 17.7 Å². The summed E-state index contributed by atoms with van der Waals surface area (Å²) in [6.07, 6.45) is 3.62. The van der Waals surface area contributed by atoms with Gasteiger partial charge in [0.05, 0.1) is 5.52 Å². The number of nitrogens with zero attached hydrogens (tertiary/aromatic N) is 1. The van der Waals surface area contributed by atoms with Gasteiger partial charge < -0.3 is 14.6 Å². The summed E-state index contributed by atoms with van der Waals surface area (Å²) in [5, 5.41) is 4.45. The maximum Gasteiger partial charge on any atom is 0.252 e. The predicted octanol–water partition coefficient (Wildman–Crippen LogP) is 2.77. The van der Waals surface area contributed by atoms with Gasteiger partial charge in [0.15, 0.2) is 0 Å². The highest BCUT2D eigenvalue weighted by atomic mass is 16.5. The van der Waals surface area contributed by atoms with Crippen LogP contribution in [-0.2, 0) is 11.8 Å². The Hall–Kier alpha value is -1.81. The van der Waals surface area contributed by atoms with Crippen molar-refractivity contribution in [2.24, 2.45) is 13.0 Å². The number of ether oxygens (including phenoxy) is 1. The molecule has 4 heteroatoms. The van der Waals surface area contributed by atoms with Gasteiger partial charge in [-0.25, -0.2) is 0 Å². The van der Waals surface area contributed by atoms with Crippen molar-refractivity contribution in [3.63, 3.8) is 0 Å². The van der Waals surface area contributed by atoms with E-state index in [4.69, 9.17) is 4.74 Å². The van der Waals surface area contributed by atoms with Crippen molar-refractivity contribution >= 4 is 16.6 Å². The minimum atomic E-state index is 0.0150. The largest absolute Gasteiger partial charge is 0.384 e. The lowest BCUT2D eigenvalue weighted by molar-refractivity contribution is 0.124. The standard InChI is InChI=1S/C17H22N2O2/c1-19-16-6-3-2-5-14(16)15(11-17(19)20)18-9-4-10-21-12-13-7-8-13/h2-3,5-6,11,13,18H,4,7-10,12H2,1H3. The average Bonchev–Trinajstić information content (AvgIpc) is 3.32. The van der Waals surface area contributed by atoms with Crippen molar-refractivity contribution in [1.82, 2.24) is 4.57 Å². The van der Waals surface area contributed by atoms with E-state index in [1.807, 2.05) is 24.3 Å². The number of hydrogen-bond donors (Lipinski definition) is 1. The molecule has 3 rings (SSSR count). The Labute approximate surface area is 124 Å². The molecule has 4 nitrogen and oxygen atoms in total. The summed E-state index contributed by atoms with van der Waals surface area (Å²) in [6.45, 7) is 2.52. The molecule has 1 N–H and O–H groups in total. The van der Waals surface area contributed by atoms with Crippen LogP contribution in [0.5, 0.6) is 0 Å². The van der Waals surface area contributed by atoms with Gasteiger partial charge in [0, 0.05) is 43.9 Å². The highest BCUT2D eigenvalue weighted by molar-refractivity contribution is 5.91. The van der Waals surface area contributed by atoms with Crippen LogP contribution in [0.1, 0.15) is 19.3 Å². The Morgan fingerprint density at radius 3 is 2.95 bits per heavy atom. The summed E-state index contributed by atoms with van der Waals surface area (Å²) < 4.78 is 7.30. The van der Waals surface area contributed by atoms with Crippen LogP contribution in [0, 0.1) is 5.92 Å². The van der Waals surface area contributed by atoms with E-state index >= 15 is 0 Å². The second-order valence-electron chi connectivity index (χ2n) is 5.77. The molecular formula is C17H22N2O2. The minimum absolute atomic E-state index is 0.0150. The molecule has 1 aliphatic rings. The molecule has 0 spiro atoms. The van der Waals surface area contributed by atoms with Crippen molar-refractivity contribution in [2.75, 3.05) is 25.1 Å². The topological polar surface area (TPSA) is 43.3 Å². The number of fused-ring (bicyclic) bond motifs is 1. The Bertz CT molecular complexity index is 674. The number of aromatic nitrogens is 1. The molecule has 1 heterocycles. The minimum Gasteiger partial charge on any atom is -0.384 e. The summed E-state index contributed by atoms with van der Waals surface area (Å²) in [6, 6.07) is 9.64. The molecule has 0 aliphatic heterocycles. The second-order valence-corrected chi connectivity index (χ2v) is 5.77. The number of nitrogens with one attached hydrogen (secondary N) is 1. The van der Waals surface area contributed by atoms with Gasteiger partial charge in [-0.3, -0.25) is 4.79 Å². The molecular weight excluding hydrogens is 264 g/mol. The van der Waals surface area contributed by atoms with Crippen LogP contribution in [0.25, 0.3) is 10.9 Å². The lowest BCUT2D eigenvalue weighted by Gasteiger charge is -2.12. The lowest BCUT2D eigenvalue weighted by Crippen LogP contribution is -2.18. The first-order valence-corrected chi connectivity index (χ1v) is 7.66. The second kappa shape index (κ2) is 6.31. The summed E-state index contributed by atoms with van der Waals surface area (Å²) in [5.41, 5.74) is 1.88. The van der Waals surface area contributed by atoms with Gasteiger partial charge in [0.25, 0.3) is 5.56 Å². The quantitative estimate of drug-likeness (QED) is 0.796. The molecule has 0 amide bonds. The fourth-order valence-corrected chi connectivity index (χ4v) is 2.49. The molecule has 0 radical (unpaired) electrons. The number of anilines is 1. The third-order valence-corrected chi connectivity index (χ3v) is 3.99. The first-order valence-electron chi connectivity index (χ1n) is 7.66. The smallest absolute Gasteiger partial charge is 0.252 e. The van der Waals surface area contributed by atoms with E-state index in [1.165, 1.54) is 12.8 Å². The van der Waals surface area contributed by atoms with Gasteiger partial charge in [0.2, 0.25) is 0 Å². The average molecular weight is 286 g/mol. The Kier molecular flexibility index (Phi) is 4.25. The first kappa shape index (κ1) is 14.1. The van der Waals surface area contributed by atoms with E-state index in [-0.39, 0.29) is 5.56 Å². The van der Waals surface area contributed by atoms with Crippen LogP contribution in [0.4, 0.5) is 5.69 Å². The molecule has 0 unspecified atom stereocenters. The number of benzene rings is 1. The van der Waals surface area contributed by atoms with Crippen LogP contribution in [0.15, 0.2) is 35.1 Å². The molecule has 2 aromatic rings. The molecule has 1 aromatic heterocycles. The molecule has 1 aliphatic carbocycles. The maximum absolute atomic E-state index is 12.0. The van der Waals surface area contributed by atoms with E-state index in [0.29, 0.717) is 0 Å². The number of para-hydroxylation sites is 1. The predicted molar refractivity (Wildman–Crippen MR) is 85.8 cm³/mol. The zero-order chi connectivity index (χ0) is 14.7. The highest BCUT2D eigenvalue weighted by Crippen LogP contribution is 2.28. The first-order chi connectivity index (χ1) is 10.3. The van der Waals surface area contributed by atoms with Crippen molar-refractivity contribution in [3.8, 4) is 0 Å². The van der Waals surface area contributed by atoms with Crippen molar-refractivity contribution in [3.05, 3.63) is 40.7 Å². The van der Waals surface area contributed by atoms with Gasteiger partial charge in [-0.05, 0) is 31.2 Å². The summed E-state index contributed by atoms with van der Waals surface area (Å²) in [4.78, 5) is 12.0. The molecule has 1 saturated carbocycles. The van der Waals surface area contributed by atoms with Crippen molar-refractivity contribution < 1.29 is 4.74 Å². The Morgan fingerprint density at radius 1 is 1.33 bits per heavy atom. The zero-order valence-electron chi connectivity index (χ0n) is 12.5. The molecule has 0 saturated heterocycles. The zero-order valence-corrected chi connectivity index (χ0v) is 12.5. The molecule has 0 atom stereocenters. The van der Waals surface area contributed by atoms with Crippen LogP contribution >= 0.6 is 0 Å². The summed E-state index contributed by atoms with van der Waals surface area (Å²) in [5.74, 6) is 0.819. The van der Waals surface area contributed by atoms with Gasteiger partial charge >= 0.3 is 0 Å². The van der Waals surface area contributed by atoms with E-state index in [9.17, 15) is 4.79 Å².